The molecule has 0 amide bonds. The van der Waals surface area contributed by atoms with Crippen molar-refractivity contribution < 1.29 is 13.2 Å². The van der Waals surface area contributed by atoms with Crippen molar-refractivity contribution in [3.8, 4) is 11.3 Å². The average Bonchev–Trinajstić information content (AvgIpc) is 3.35. The van der Waals surface area contributed by atoms with Gasteiger partial charge in [0.2, 0.25) is 16.0 Å². The van der Waals surface area contributed by atoms with Crippen LogP contribution in [0.2, 0.25) is 5.02 Å². The topological polar surface area (TPSA) is 102 Å². The normalized spacial score (nSPS) is 22.3. The van der Waals surface area contributed by atoms with Gasteiger partial charge in [-0.2, -0.15) is 0 Å². The van der Waals surface area contributed by atoms with Gasteiger partial charge in [0.1, 0.15) is 11.5 Å². The number of nitrogens with zero attached hydrogens (tertiary/aromatic N) is 5. The summed E-state index contributed by atoms with van der Waals surface area (Å²) in [6, 6.07) is 14.0. The third-order valence-electron chi connectivity index (χ3n) is 8.64. The summed E-state index contributed by atoms with van der Waals surface area (Å²) >= 11 is 6.40. The summed E-state index contributed by atoms with van der Waals surface area (Å²) in [5, 5.41) is 0.474. The van der Waals surface area contributed by atoms with Crippen LogP contribution in [0.25, 0.3) is 22.3 Å². The van der Waals surface area contributed by atoms with Crippen LogP contribution in [0.5, 0.6) is 0 Å². The highest BCUT2D eigenvalue weighted by Gasteiger charge is 2.34. The first-order valence-electron chi connectivity index (χ1n) is 14.6. The molecule has 11 heteroatoms. The molecule has 1 saturated carbocycles. The minimum absolute atomic E-state index is 0.0213. The van der Waals surface area contributed by atoms with Crippen LogP contribution in [0.1, 0.15) is 57.2 Å². The Hall–Kier alpha value is -3.21. The van der Waals surface area contributed by atoms with E-state index in [1.54, 1.807) is 18.5 Å². The van der Waals surface area contributed by atoms with E-state index in [-0.39, 0.29) is 17.9 Å². The van der Waals surface area contributed by atoms with Gasteiger partial charge < -0.3 is 14.2 Å². The van der Waals surface area contributed by atoms with E-state index < -0.39 is 10.0 Å². The summed E-state index contributed by atoms with van der Waals surface area (Å²) in [7, 11) is -3.58. The van der Waals surface area contributed by atoms with Crippen molar-refractivity contribution in [1.82, 2.24) is 19.5 Å². The number of hydrogen-bond acceptors (Lipinski definition) is 7. The molecule has 1 saturated heterocycles. The monoisotopic (exact) mass is 608 g/mol. The lowest BCUT2D eigenvalue weighted by Gasteiger charge is -2.39. The van der Waals surface area contributed by atoms with Gasteiger partial charge in [0.05, 0.1) is 41.6 Å². The van der Waals surface area contributed by atoms with Gasteiger partial charge in [-0.15, -0.1) is 0 Å². The standard InChI is InChI=1S/C31H37ClN6O3S/c1-20-9-11-22(12-10-20)21(2)38-30-26(34-31(38)37-13-14-41-19-27(37)23-7-5-4-6-8-23)16-28(36-42(3,39)40)35-29(30)24-15-25(32)18-33-17-24/h4-8,15-18,20-22,27H,9-14,19H2,1-3H3,(H,35,36). The number of imidazole rings is 1. The lowest BCUT2D eigenvalue weighted by molar-refractivity contribution is 0.0924. The summed E-state index contributed by atoms with van der Waals surface area (Å²) in [6.07, 6.45) is 9.09. The Bertz CT molecular complexity index is 1670. The number of rotatable bonds is 7. The number of aromatic nitrogens is 4. The summed E-state index contributed by atoms with van der Waals surface area (Å²) in [4.78, 5) is 16.8. The molecule has 2 unspecified atom stereocenters. The molecular formula is C31H37ClN6O3S. The Kier molecular flexibility index (Phi) is 8.13. The molecule has 1 N–H and O–H groups in total. The SMILES string of the molecule is CC1CCC(C(C)n2c(N3CCOCC3c3ccccc3)nc3cc(NS(C)(=O)=O)nc(-c4cncc(Cl)c4)c32)CC1. The molecule has 2 atom stereocenters. The van der Waals surface area contributed by atoms with Crippen LogP contribution in [0.3, 0.4) is 0 Å². The molecule has 0 radical (unpaired) electrons. The van der Waals surface area contributed by atoms with Gasteiger partial charge in [-0.05, 0) is 43.2 Å². The van der Waals surface area contributed by atoms with Crippen LogP contribution in [0.4, 0.5) is 11.8 Å². The summed E-state index contributed by atoms with van der Waals surface area (Å²) < 4.78 is 35.4. The fourth-order valence-corrected chi connectivity index (χ4v) is 7.11. The van der Waals surface area contributed by atoms with Crippen LogP contribution < -0.4 is 9.62 Å². The maximum atomic E-state index is 12.3. The molecule has 222 valence electrons. The van der Waals surface area contributed by atoms with Crippen molar-refractivity contribution >= 4 is 44.4 Å². The molecule has 1 aromatic carbocycles. The number of morpholine rings is 1. The van der Waals surface area contributed by atoms with Gasteiger partial charge in [0, 0.05) is 36.6 Å². The smallest absolute Gasteiger partial charge is 0.230 e. The average molecular weight is 609 g/mol. The number of anilines is 2. The first-order valence-corrected chi connectivity index (χ1v) is 16.9. The number of nitrogens with one attached hydrogen (secondary N) is 1. The van der Waals surface area contributed by atoms with Crippen molar-refractivity contribution in [3.63, 3.8) is 0 Å². The molecule has 1 aliphatic carbocycles. The zero-order chi connectivity index (χ0) is 29.4. The zero-order valence-corrected chi connectivity index (χ0v) is 25.8. The fraction of sp³-hybridized carbons (Fsp3) is 0.452. The summed E-state index contributed by atoms with van der Waals surface area (Å²) in [5.74, 6) is 2.24. The first-order chi connectivity index (χ1) is 20.2. The second kappa shape index (κ2) is 11.8. The Morgan fingerprint density at radius 3 is 2.55 bits per heavy atom. The second-order valence-electron chi connectivity index (χ2n) is 11.7. The van der Waals surface area contributed by atoms with Gasteiger partial charge in [-0.25, -0.2) is 18.4 Å². The van der Waals surface area contributed by atoms with Gasteiger partial charge in [0.25, 0.3) is 0 Å². The van der Waals surface area contributed by atoms with E-state index in [1.165, 1.54) is 12.8 Å². The molecule has 42 heavy (non-hydrogen) atoms. The lowest BCUT2D eigenvalue weighted by atomic mass is 9.79. The molecule has 2 aliphatic rings. The highest BCUT2D eigenvalue weighted by molar-refractivity contribution is 7.92. The quantitative estimate of drug-likeness (QED) is 0.256. The van der Waals surface area contributed by atoms with E-state index in [0.29, 0.717) is 47.5 Å². The summed E-state index contributed by atoms with van der Waals surface area (Å²) in [5.41, 5.74) is 3.95. The van der Waals surface area contributed by atoms with Crippen molar-refractivity contribution in [3.05, 3.63) is 65.4 Å². The van der Waals surface area contributed by atoms with E-state index in [0.717, 1.165) is 42.0 Å². The fourth-order valence-electron chi connectivity index (χ4n) is 6.46. The molecule has 4 aromatic rings. The highest BCUT2D eigenvalue weighted by Crippen LogP contribution is 2.43. The van der Waals surface area contributed by atoms with E-state index in [9.17, 15) is 8.42 Å². The Morgan fingerprint density at radius 2 is 1.83 bits per heavy atom. The van der Waals surface area contributed by atoms with Crippen molar-refractivity contribution in [2.24, 2.45) is 11.8 Å². The van der Waals surface area contributed by atoms with Crippen LogP contribution >= 0.6 is 11.6 Å². The molecule has 0 spiro atoms. The van der Waals surface area contributed by atoms with E-state index >= 15 is 0 Å². The number of halogens is 1. The minimum atomic E-state index is -3.58. The maximum Gasteiger partial charge on any atom is 0.230 e. The predicted octanol–water partition coefficient (Wildman–Crippen LogP) is 6.48. The van der Waals surface area contributed by atoms with Crippen molar-refractivity contribution in [2.75, 3.05) is 35.6 Å². The molecular weight excluding hydrogens is 572 g/mol. The Labute approximate surface area is 252 Å². The van der Waals surface area contributed by atoms with Gasteiger partial charge in [-0.1, -0.05) is 61.7 Å². The van der Waals surface area contributed by atoms with Crippen LogP contribution in [0, 0.1) is 11.8 Å². The number of sulfonamides is 1. The van der Waals surface area contributed by atoms with Crippen LogP contribution in [0.15, 0.2) is 54.9 Å². The van der Waals surface area contributed by atoms with E-state index in [4.69, 9.17) is 26.3 Å². The summed E-state index contributed by atoms with van der Waals surface area (Å²) in [6.45, 7) is 6.43. The van der Waals surface area contributed by atoms with E-state index in [2.05, 4.69) is 45.2 Å². The number of pyridine rings is 2. The molecule has 9 nitrogen and oxygen atoms in total. The minimum Gasteiger partial charge on any atom is -0.377 e. The third-order valence-corrected chi connectivity index (χ3v) is 9.42. The second-order valence-corrected chi connectivity index (χ2v) is 13.9. The molecule has 0 bridgehead atoms. The number of hydrogen-bond donors (Lipinski definition) is 1. The predicted molar refractivity (Wildman–Crippen MR) is 167 cm³/mol. The van der Waals surface area contributed by atoms with Gasteiger partial charge in [-0.3, -0.25) is 9.71 Å². The molecule has 1 aliphatic heterocycles. The largest absolute Gasteiger partial charge is 0.377 e. The number of benzene rings is 1. The maximum absolute atomic E-state index is 12.3. The van der Waals surface area contributed by atoms with Crippen molar-refractivity contribution in [1.29, 1.82) is 0 Å². The Balaban J connectivity index is 1.60. The van der Waals surface area contributed by atoms with Crippen molar-refractivity contribution in [2.45, 2.75) is 51.6 Å². The Morgan fingerprint density at radius 1 is 1.07 bits per heavy atom. The lowest BCUT2D eigenvalue weighted by Crippen LogP contribution is -2.41. The molecule has 4 heterocycles. The number of fused-ring (bicyclic) bond motifs is 1. The van der Waals surface area contributed by atoms with Gasteiger partial charge in [0.15, 0.2) is 0 Å². The molecule has 3 aromatic heterocycles. The molecule has 6 rings (SSSR count). The van der Waals surface area contributed by atoms with Crippen LogP contribution in [-0.4, -0.2) is 54.0 Å². The van der Waals surface area contributed by atoms with Crippen LogP contribution in [-0.2, 0) is 14.8 Å². The number of ether oxygens (including phenoxy) is 1. The zero-order valence-electron chi connectivity index (χ0n) is 24.2. The third kappa shape index (κ3) is 5.98. The first kappa shape index (κ1) is 28.9. The van der Waals surface area contributed by atoms with E-state index in [1.807, 2.05) is 24.3 Å². The van der Waals surface area contributed by atoms with Gasteiger partial charge >= 0.3 is 0 Å². The highest BCUT2D eigenvalue weighted by atomic mass is 35.5. The molecule has 2 fully saturated rings.